The second kappa shape index (κ2) is 11.0. The fourth-order valence-corrected chi connectivity index (χ4v) is 7.20. The Balaban J connectivity index is 1.19. The van der Waals surface area contributed by atoms with Gasteiger partial charge in [-0.1, -0.05) is 0 Å². The Bertz CT molecular complexity index is 1820. The first-order valence-electron chi connectivity index (χ1n) is 13.0. The number of aliphatic hydroxyl groups is 1. The number of hydrogen-bond donors (Lipinski definition) is 6. The van der Waals surface area contributed by atoms with Gasteiger partial charge in [-0.3, -0.25) is 37.0 Å². The Morgan fingerprint density at radius 1 is 0.956 bits per heavy atom. The van der Waals surface area contributed by atoms with Crippen LogP contribution in [0.1, 0.15) is 24.4 Å². The number of H-pyrrole nitrogens is 1. The topological polar surface area (TPSA) is 282 Å². The molecule has 3 fully saturated rings. The molecule has 0 spiro atoms. The summed E-state index contributed by atoms with van der Waals surface area (Å²) in [5, 5.41) is 12.7. The molecule has 0 amide bonds. The fraction of sp³-hybridized carbons (Fsp3) is 0.550. The van der Waals surface area contributed by atoms with Crippen LogP contribution in [-0.4, -0.2) is 100 Å². The van der Waals surface area contributed by atoms with E-state index in [-0.39, 0.29) is 28.6 Å². The molecule has 244 valence electrons. The number of aromatic nitrogens is 6. The van der Waals surface area contributed by atoms with E-state index >= 15 is 8.78 Å². The molecule has 3 aromatic rings. The molecular weight excluding hydrogens is 658 g/mol. The summed E-state index contributed by atoms with van der Waals surface area (Å²) in [6.45, 7) is -1.96. The van der Waals surface area contributed by atoms with Crippen molar-refractivity contribution in [1.29, 1.82) is 0 Å². The number of hydrogen-bond acceptors (Lipinski definition) is 16. The van der Waals surface area contributed by atoms with Crippen molar-refractivity contribution in [3.63, 3.8) is 0 Å². The van der Waals surface area contributed by atoms with Gasteiger partial charge in [0.25, 0.3) is 5.56 Å². The average molecular weight is 681 g/mol. The van der Waals surface area contributed by atoms with Gasteiger partial charge in [0, 0.05) is 0 Å². The minimum absolute atomic E-state index is 0.0241. The van der Waals surface area contributed by atoms with E-state index in [1.54, 1.807) is 0 Å². The lowest BCUT2D eigenvalue weighted by Gasteiger charge is -2.25. The van der Waals surface area contributed by atoms with Gasteiger partial charge in [-0.05, 0) is 0 Å². The standard InChI is InChI=1S/C20H23F2N9O12P2/c21-8-6-1-38-44(34,35)42-12-7(41-18(9(12)22)30-4-26-10-14(30)24-3-25-16(10)32)2-39-45(36,37)43-13(8)19(40-6)31-5-27-11-15(31)28-20(23)29-17(11)33/h3-9,12-13,16,18-19,32H,1-2H2,(H,24,25)(H,34,35)(H,36,37)(H3,23,28,29,33)/t6-,7-,8-,9+,12-,13-,16?,18-,19-/m1/s1. The molecule has 11 atom stereocenters. The van der Waals surface area contributed by atoms with Crippen molar-refractivity contribution in [3.8, 4) is 0 Å². The van der Waals surface area contributed by atoms with Gasteiger partial charge in [0.05, 0.1) is 32.2 Å². The molecule has 4 aliphatic rings. The van der Waals surface area contributed by atoms with Crippen molar-refractivity contribution in [3.05, 3.63) is 28.7 Å². The van der Waals surface area contributed by atoms with E-state index in [1.807, 2.05) is 0 Å². The van der Waals surface area contributed by atoms with Crippen molar-refractivity contribution in [2.24, 2.45) is 4.99 Å². The smallest absolute Gasteiger partial charge is 0.369 e. The van der Waals surface area contributed by atoms with Crippen LogP contribution in [0.5, 0.6) is 0 Å². The summed E-state index contributed by atoms with van der Waals surface area (Å²) in [6, 6.07) is 0. The van der Waals surface area contributed by atoms with E-state index in [2.05, 4.69) is 30.2 Å². The number of nitrogens with one attached hydrogen (secondary N) is 2. The van der Waals surface area contributed by atoms with Crippen LogP contribution in [-0.2, 0) is 36.7 Å². The van der Waals surface area contributed by atoms with Crippen molar-refractivity contribution >= 4 is 44.9 Å². The predicted octanol–water partition coefficient (Wildman–Crippen LogP) is -0.468. The third-order valence-corrected chi connectivity index (χ3v) is 9.30. The monoisotopic (exact) mass is 681 g/mol. The highest BCUT2D eigenvalue weighted by atomic mass is 31.2. The molecule has 7 rings (SSSR count). The lowest BCUT2D eigenvalue weighted by molar-refractivity contribution is -0.0671. The van der Waals surface area contributed by atoms with Crippen molar-refractivity contribution in [2.45, 2.75) is 55.4 Å². The van der Waals surface area contributed by atoms with E-state index in [1.165, 1.54) is 0 Å². The third-order valence-electron chi connectivity index (χ3n) is 7.33. The largest absolute Gasteiger partial charge is 0.472 e. The highest BCUT2D eigenvalue weighted by Gasteiger charge is 2.55. The molecule has 7 heterocycles. The number of aromatic amines is 1. The molecule has 0 saturated carbocycles. The number of nitrogen functional groups attached to an aromatic ring is 1. The summed E-state index contributed by atoms with van der Waals surface area (Å²) in [5.41, 5.74) is 4.46. The van der Waals surface area contributed by atoms with Crippen LogP contribution in [0.25, 0.3) is 11.2 Å². The van der Waals surface area contributed by atoms with Crippen molar-refractivity contribution < 1.29 is 60.4 Å². The molecule has 3 saturated heterocycles. The van der Waals surface area contributed by atoms with Gasteiger partial charge < -0.3 is 35.4 Å². The normalized spacial score (nSPS) is 40.2. The highest BCUT2D eigenvalue weighted by molar-refractivity contribution is 7.47. The Labute approximate surface area is 248 Å². The number of phosphoric acid groups is 2. The van der Waals surface area contributed by atoms with E-state index in [9.17, 15) is 28.8 Å². The van der Waals surface area contributed by atoms with Crippen LogP contribution >= 0.6 is 15.6 Å². The number of phosphoric ester groups is 2. The number of aliphatic imine (C=N–C) groups is 1. The van der Waals surface area contributed by atoms with E-state index in [0.717, 1.165) is 28.1 Å². The molecule has 25 heteroatoms. The van der Waals surface area contributed by atoms with Gasteiger partial charge in [0.2, 0.25) is 5.95 Å². The second-order valence-electron chi connectivity index (χ2n) is 10.1. The summed E-state index contributed by atoms with van der Waals surface area (Å²) < 4.78 is 91.2. The zero-order valence-electron chi connectivity index (χ0n) is 22.3. The molecule has 0 radical (unpaired) electrons. The molecule has 21 nitrogen and oxygen atoms in total. The molecule has 0 aromatic carbocycles. The first kappa shape index (κ1) is 30.4. The van der Waals surface area contributed by atoms with Gasteiger partial charge in [-0.15, -0.1) is 0 Å². The number of nitrogens with zero attached hydrogens (tertiary/aromatic N) is 6. The van der Waals surface area contributed by atoms with Gasteiger partial charge in [-0.2, -0.15) is 4.98 Å². The van der Waals surface area contributed by atoms with Crippen LogP contribution in [0.4, 0.5) is 20.5 Å². The summed E-state index contributed by atoms with van der Waals surface area (Å²) in [4.78, 5) is 51.1. The Morgan fingerprint density at radius 3 is 2.38 bits per heavy atom. The SMILES string of the molecule is Nc1nc2c(ncn2[C@@H]2O[C@@H]3COP(=O)(O)O[C@H]4[C@H](F)[C@H](n5cnc6c5NC=NC6O)O[C@@H]4COP(=O)(O)O[C@@H]2[C@@H]3F)c(=O)[nH]1. The zero-order valence-corrected chi connectivity index (χ0v) is 24.1. The Hall–Kier alpha value is -3.21. The second-order valence-corrected chi connectivity index (χ2v) is 13.0. The molecule has 0 aliphatic carbocycles. The van der Waals surface area contributed by atoms with Crippen LogP contribution < -0.4 is 16.6 Å². The summed E-state index contributed by atoms with van der Waals surface area (Å²) in [5.74, 6) is -0.247. The number of fused-ring (bicyclic) bond motifs is 5. The number of halogens is 2. The van der Waals surface area contributed by atoms with Gasteiger partial charge in [0.1, 0.15) is 35.9 Å². The molecular formula is C20H23F2N9O12P2. The number of nitrogens with two attached hydrogens (primary N) is 1. The zero-order chi connectivity index (χ0) is 31.8. The fourth-order valence-electron chi connectivity index (χ4n) is 5.32. The van der Waals surface area contributed by atoms with Crippen LogP contribution in [0.3, 0.4) is 0 Å². The Kier molecular flexibility index (Phi) is 7.41. The van der Waals surface area contributed by atoms with Gasteiger partial charge in [0.15, 0.2) is 42.2 Å². The Morgan fingerprint density at radius 2 is 1.62 bits per heavy atom. The number of ether oxygens (including phenoxy) is 2. The maximum atomic E-state index is 15.8. The molecule has 45 heavy (non-hydrogen) atoms. The van der Waals surface area contributed by atoms with Gasteiger partial charge >= 0.3 is 15.6 Å². The van der Waals surface area contributed by atoms with Crippen LogP contribution in [0.15, 0.2) is 22.4 Å². The maximum absolute atomic E-state index is 15.8. The summed E-state index contributed by atoms with van der Waals surface area (Å²) in [7, 11) is -10.5. The number of anilines is 2. The first-order chi connectivity index (χ1) is 21.3. The first-order valence-corrected chi connectivity index (χ1v) is 16.0. The van der Waals surface area contributed by atoms with Crippen LogP contribution in [0.2, 0.25) is 0 Å². The van der Waals surface area contributed by atoms with E-state index in [0.29, 0.717) is 0 Å². The van der Waals surface area contributed by atoms with Crippen LogP contribution in [0, 0.1) is 0 Å². The quantitative estimate of drug-likeness (QED) is 0.186. The average Bonchev–Trinajstić information content (AvgIpc) is 3.72. The maximum Gasteiger partial charge on any atom is 0.472 e. The number of aliphatic hydroxyl groups excluding tert-OH is 1. The van der Waals surface area contributed by atoms with Crippen molar-refractivity contribution in [1.82, 2.24) is 29.1 Å². The summed E-state index contributed by atoms with van der Waals surface area (Å²) in [6.07, 6.45) is -13.2. The number of alkyl halides is 2. The lowest BCUT2D eigenvalue weighted by Crippen LogP contribution is -2.34. The van der Waals surface area contributed by atoms with E-state index < -0.39 is 89.9 Å². The number of rotatable bonds is 2. The number of imidazole rings is 2. The molecule has 3 aromatic heterocycles. The third kappa shape index (κ3) is 5.38. The molecule has 3 unspecified atom stereocenters. The van der Waals surface area contributed by atoms with Crippen molar-refractivity contribution in [2.75, 3.05) is 24.3 Å². The summed E-state index contributed by atoms with van der Waals surface area (Å²) >= 11 is 0. The lowest BCUT2D eigenvalue weighted by atomic mass is 10.1. The molecule has 4 aliphatic heterocycles. The predicted molar refractivity (Wildman–Crippen MR) is 141 cm³/mol. The van der Waals surface area contributed by atoms with E-state index in [4.69, 9.17) is 33.3 Å². The molecule has 7 N–H and O–H groups in total. The minimum Gasteiger partial charge on any atom is -0.369 e. The molecule has 2 bridgehead atoms. The minimum atomic E-state index is -5.24. The van der Waals surface area contributed by atoms with Gasteiger partial charge in [-0.25, -0.2) is 32.9 Å². The highest BCUT2D eigenvalue weighted by Crippen LogP contribution is 2.54.